The van der Waals surface area contributed by atoms with Gasteiger partial charge in [0.2, 0.25) is 0 Å². The standard InChI is InChI=1S/C16H16N4O/c17-11-4-5-15-13(9-11)14(10-20-15)16(21)19-8-6-12-3-1-2-7-18-12/h1-5,7,9-10,20H,6,8,17H2,(H,19,21). The Kier molecular flexibility index (Phi) is 3.55. The van der Waals surface area contributed by atoms with Crippen molar-refractivity contribution in [1.82, 2.24) is 15.3 Å². The number of pyridine rings is 1. The Labute approximate surface area is 122 Å². The fraction of sp³-hybridized carbons (Fsp3) is 0.125. The van der Waals surface area contributed by atoms with Crippen LogP contribution in [-0.2, 0) is 6.42 Å². The number of carbonyl (C=O) groups excluding carboxylic acids is 1. The maximum absolute atomic E-state index is 12.2. The smallest absolute Gasteiger partial charge is 0.253 e. The quantitative estimate of drug-likeness (QED) is 0.640. The number of rotatable bonds is 4. The average molecular weight is 280 g/mol. The minimum absolute atomic E-state index is 0.109. The zero-order chi connectivity index (χ0) is 14.7. The molecular weight excluding hydrogens is 264 g/mol. The lowest BCUT2D eigenvalue weighted by Crippen LogP contribution is -2.25. The van der Waals surface area contributed by atoms with Gasteiger partial charge in [-0.15, -0.1) is 0 Å². The molecule has 4 N–H and O–H groups in total. The molecule has 2 heterocycles. The highest BCUT2D eigenvalue weighted by Crippen LogP contribution is 2.20. The molecule has 3 aromatic rings. The van der Waals surface area contributed by atoms with Crippen molar-refractivity contribution < 1.29 is 4.79 Å². The van der Waals surface area contributed by atoms with Gasteiger partial charge in [-0.05, 0) is 30.3 Å². The minimum atomic E-state index is -0.109. The summed E-state index contributed by atoms with van der Waals surface area (Å²) in [6.45, 7) is 0.546. The zero-order valence-corrected chi connectivity index (χ0v) is 11.5. The molecule has 0 saturated carbocycles. The normalized spacial score (nSPS) is 10.7. The van der Waals surface area contributed by atoms with Gasteiger partial charge < -0.3 is 16.0 Å². The molecule has 0 aliphatic heterocycles. The zero-order valence-electron chi connectivity index (χ0n) is 11.5. The van der Waals surface area contributed by atoms with Crippen LogP contribution in [0.4, 0.5) is 5.69 Å². The third-order valence-corrected chi connectivity index (χ3v) is 3.34. The van der Waals surface area contributed by atoms with E-state index in [2.05, 4.69) is 15.3 Å². The van der Waals surface area contributed by atoms with Crippen LogP contribution in [0.1, 0.15) is 16.1 Å². The number of carbonyl (C=O) groups is 1. The van der Waals surface area contributed by atoms with Gasteiger partial charge in [-0.3, -0.25) is 9.78 Å². The lowest BCUT2D eigenvalue weighted by atomic mass is 10.1. The van der Waals surface area contributed by atoms with Crippen LogP contribution in [0.25, 0.3) is 10.9 Å². The first-order chi connectivity index (χ1) is 10.2. The number of nitrogen functional groups attached to an aromatic ring is 1. The van der Waals surface area contributed by atoms with Crippen molar-refractivity contribution in [3.05, 3.63) is 60.0 Å². The fourth-order valence-electron chi connectivity index (χ4n) is 2.27. The van der Waals surface area contributed by atoms with Crippen LogP contribution in [0.2, 0.25) is 0 Å². The molecule has 0 saturated heterocycles. The molecular formula is C16H16N4O. The Balaban J connectivity index is 1.68. The van der Waals surface area contributed by atoms with E-state index in [1.807, 2.05) is 30.3 Å². The van der Waals surface area contributed by atoms with Gasteiger partial charge in [-0.25, -0.2) is 0 Å². The van der Waals surface area contributed by atoms with Crippen LogP contribution in [-0.4, -0.2) is 22.4 Å². The molecule has 0 aliphatic carbocycles. The number of aromatic amines is 1. The maximum Gasteiger partial charge on any atom is 0.253 e. The van der Waals surface area contributed by atoms with Crippen LogP contribution in [0, 0.1) is 0 Å². The van der Waals surface area contributed by atoms with Crippen LogP contribution < -0.4 is 11.1 Å². The Morgan fingerprint density at radius 1 is 1.29 bits per heavy atom. The first-order valence-corrected chi connectivity index (χ1v) is 6.79. The molecule has 1 amide bonds. The summed E-state index contributed by atoms with van der Waals surface area (Å²) in [4.78, 5) is 19.5. The average Bonchev–Trinajstić information content (AvgIpc) is 2.91. The fourth-order valence-corrected chi connectivity index (χ4v) is 2.27. The molecule has 0 aliphatic rings. The largest absolute Gasteiger partial charge is 0.399 e. The van der Waals surface area contributed by atoms with E-state index < -0.39 is 0 Å². The van der Waals surface area contributed by atoms with Gasteiger partial charge in [0.15, 0.2) is 0 Å². The number of nitrogens with two attached hydrogens (primary N) is 1. The van der Waals surface area contributed by atoms with E-state index in [0.29, 0.717) is 24.2 Å². The summed E-state index contributed by atoms with van der Waals surface area (Å²) in [5, 5.41) is 3.74. The SMILES string of the molecule is Nc1ccc2[nH]cc(C(=O)NCCc3ccccn3)c2c1. The lowest BCUT2D eigenvalue weighted by molar-refractivity contribution is 0.0956. The van der Waals surface area contributed by atoms with Crippen LogP contribution >= 0.6 is 0 Å². The number of H-pyrrole nitrogens is 1. The van der Waals surface area contributed by atoms with Gasteiger partial charge >= 0.3 is 0 Å². The van der Waals surface area contributed by atoms with E-state index in [9.17, 15) is 4.79 Å². The molecule has 0 spiro atoms. The Morgan fingerprint density at radius 2 is 2.19 bits per heavy atom. The van der Waals surface area contributed by atoms with Gasteiger partial charge in [0.05, 0.1) is 5.56 Å². The number of amides is 1. The number of anilines is 1. The third kappa shape index (κ3) is 2.86. The number of nitrogens with zero attached hydrogens (tertiary/aromatic N) is 1. The van der Waals surface area contributed by atoms with E-state index in [0.717, 1.165) is 16.6 Å². The van der Waals surface area contributed by atoms with E-state index in [4.69, 9.17) is 5.73 Å². The van der Waals surface area contributed by atoms with Crippen LogP contribution in [0.5, 0.6) is 0 Å². The predicted molar refractivity (Wildman–Crippen MR) is 83.0 cm³/mol. The number of fused-ring (bicyclic) bond motifs is 1. The van der Waals surface area contributed by atoms with Gasteiger partial charge in [0, 0.05) is 47.6 Å². The number of aromatic nitrogens is 2. The third-order valence-electron chi connectivity index (χ3n) is 3.34. The predicted octanol–water partition coefficient (Wildman–Crippen LogP) is 2.12. The molecule has 0 unspecified atom stereocenters. The molecule has 0 bridgehead atoms. The summed E-state index contributed by atoms with van der Waals surface area (Å²) in [7, 11) is 0. The highest BCUT2D eigenvalue weighted by atomic mass is 16.1. The Bertz CT molecular complexity index is 764. The van der Waals surface area contributed by atoms with Crippen molar-refractivity contribution in [2.75, 3.05) is 12.3 Å². The highest BCUT2D eigenvalue weighted by molar-refractivity contribution is 6.07. The topological polar surface area (TPSA) is 83.8 Å². The van der Waals surface area contributed by atoms with E-state index in [1.165, 1.54) is 0 Å². The number of nitrogens with one attached hydrogen (secondary N) is 2. The molecule has 106 valence electrons. The Morgan fingerprint density at radius 3 is 3.00 bits per heavy atom. The summed E-state index contributed by atoms with van der Waals surface area (Å²) in [5.41, 5.74) is 8.89. The first kappa shape index (κ1) is 13.2. The maximum atomic E-state index is 12.2. The van der Waals surface area contributed by atoms with Crippen molar-refractivity contribution in [2.45, 2.75) is 6.42 Å². The van der Waals surface area contributed by atoms with Crippen LogP contribution in [0.15, 0.2) is 48.8 Å². The van der Waals surface area contributed by atoms with Crippen molar-refractivity contribution in [2.24, 2.45) is 0 Å². The van der Waals surface area contributed by atoms with Crippen molar-refractivity contribution in [1.29, 1.82) is 0 Å². The summed E-state index contributed by atoms with van der Waals surface area (Å²) in [5.74, 6) is -0.109. The second kappa shape index (κ2) is 5.66. The lowest BCUT2D eigenvalue weighted by Gasteiger charge is -2.04. The molecule has 5 heteroatoms. The molecule has 0 atom stereocenters. The minimum Gasteiger partial charge on any atom is -0.399 e. The highest BCUT2D eigenvalue weighted by Gasteiger charge is 2.11. The van der Waals surface area contributed by atoms with Crippen molar-refractivity contribution in [3.63, 3.8) is 0 Å². The van der Waals surface area contributed by atoms with Gasteiger partial charge in [-0.2, -0.15) is 0 Å². The first-order valence-electron chi connectivity index (χ1n) is 6.79. The van der Waals surface area contributed by atoms with E-state index in [-0.39, 0.29) is 5.91 Å². The van der Waals surface area contributed by atoms with Crippen LogP contribution in [0.3, 0.4) is 0 Å². The van der Waals surface area contributed by atoms with Gasteiger partial charge in [0.25, 0.3) is 5.91 Å². The van der Waals surface area contributed by atoms with Gasteiger partial charge in [0.1, 0.15) is 0 Å². The number of hydrogen-bond acceptors (Lipinski definition) is 3. The summed E-state index contributed by atoms with van der Waals surface area (Å²) < 4.78 is 0. The van der Waals surface area contributed by atoms with Crippen molar-refractivity contribution in [3.8, 4) is 0 Å². The molecule has 21 heavy (non-hydrogen) atoms. The number of benzene rings is 1. The molecule has 0 fully saturated rings. The summed E-state index contributed by atoms with van der Waals surface area (Å²) in [6.07, 6.45) is 4.16. The Hall–Kier alpha value is -2.82. The van der Waals surface area contributed by atoms with E-state index >= 15 is 0 Å². The monoisotopic (exact) mass is 280 g/mol. The summed E-state index contributed by atoms with van der Waals surface area (Å²) in [6, 6.07) is 11.2. The molecule has 5 nitrogen and oxygen atoms in total. The second-order valence-corrected chi connectivity index (χ2v) is 4.83. The summed E-state index contributed by atoms with van der Waals surface area (Å²) >= 11 is 0. The molecule has 0 radical (unpaired) electrons. The second-order valence-electron chi connectivity index (χ2n) is 4.83. The molecule has 2 aromatic heterocycles. The van der Waals surface area contributed by atoms with Crippen molar-refractivity contribution >= 4 is 22.5 Å². The van der Waals surface area contributed by atoms with Gasteiger partial charge in [-0.1, -0.05) is 6.07 Å². The van der Waals surface area contributed by atoms with E-state index in [1.54, 1.807) is 18.5 Å². The molecule has 3 rings (SSSR count). The molecule has 1 aromatic carbocycles. The number of hydrogen-bond donors (Lipinski definition) is 3.